The summed E-state index contributed by atoms with van der Waals surface area (Å²) in [7, 11) is 5.79. The summed E-state index contributed by atoms with van der Waals surface area (Å²) in [6, 6.07) is 6.30. The van der Waals surface area contributed by atoms with Gasteiger partial charge in [-0.3, -0.25) is 9.69 Å². The third-order valence-electron chi connectivity index (χ3n) is 3.58. The standard InChI is InChI=1S/C14H18N2O5/c1-16-11(17)14(15-13(16)18,12(20-3)21-4)9-5-7-10(19-2)8-6-9/h5-8,12H,1-4H3,(H,15,18)/t14-/m1/s1. The van der Waals surface area contributed by atoms with Gasteiger partial charge in [-0.05, 0) is 17.7 Å². The number of nitrogens with zero attached hydrogens (tertiary/aromatic N) is 1. The van der Waals surface area contributed by atoms with Crippen LogP contribution < -0.4 is 10.1 Å². The van der Waals surface area contributed by atoms with Crippen LogP contribution >= 0.6 is 0 Å². The Bertz CT molecular complexity index is 541. The summed E-state index contributed by atoms with van der Waals surface area (Å²) in [6.45, 7) is 0. The Kier molecular flexibility index (Phi) is 4.15. The maximum atomic E-state index is 12.6. The third kappa shape index (κ3) is 2.24. The molecule has 7 nitrogen and oxygen atoms in total. The van der Waals surface area contributed by atoms with Crippen LogP contribution in [0.3, 0.4) is 0 Å². The molecule has 3 amide bonds. The van der Waals surface area contributed by atoms with E-state index >= 15 is 0 Å². The van der Waals surface area contributed by atoms with Crippen molar-refractivity contribution in [1.29, 1.82) is 0 Å². The van der Waals surface area contributed by atoms with Crippen LogP contribution in [0.1, 0.15) is 5.56 Å². The first-order valence-corrected chi connectivity index (χ1v) is 6.31. The average Bonchev–Trinajstić information content (AvgIpc) is 2.74. The van der Waals surface area contributed by atoms with E-state index in [1.165, 1.54) is 21.3 Å². The van der Waals surface area contributed by atoms with Gasteiger partial charge in [-0.15, -0.1) is 0 Å². The topological polar surface area (TPSA) is 77.1 Å². The van der Waals surface area contributed by atoms with Gasteiger partial charge in [-0.1, -0.05) is 12.1 Å². The third-order valence-corrected chi connectivity index (χ3v) is 3.58. The maximum Gasteiger partial charge on any atom is 0.325 e. The van der Waals surface area contributed by atoms with Gasteiger partial charge in [-0.2, -0.15) is 0 Å². The number of amides is 3. The van der Waals surface area contributed by atoms with Crippen LogP contribution in [0.15, 0.2) is 24.3 Å². The summed E-state index contributed by atoms with van der Waals surface area (Å²) in [5, 5.41) is 2.67. The van der Waals surface area contributed by atoms with E-state index < -0.39 is 23.8 Å². The zero-order valence-corrected chi connectivity index (χ0v) is 12.4. The van der Waals surface area contributed by atoms with Crippen LogP contribution in [0, 0.1) is 0 Å². The molecular weight excluding hydrogens is 276 g/mol. The minimum atomic E-state index is -1.42. The fourth-order valence-electron chi connectivity index (χ4n) is 2.46. The van der Waals surface area contributed by atoms with E-state index in [4.69, 9.17) is 14.2 Å². The Hall–Kier alpha value is -2.12. The average molecular weight is 294 g/mol. The number of hydrogen-bond acceptors (Lipinski definition) is 5. The minimum Gasteiger partial charge on any atom is -0.497 e. The van der Waals surface area contributed by atoms with Gasteiger partial charge in [0.05, 0.1) is 7.11 Å². The van der Waals surface area contributed by atoms with E-state index in [1.54, 1.807) is 31.4 Å². The first-order chi connectivity index (χ1) is 10.0. The van der Waals surface area contributed by atoms with E-state index in [2.05, 4.69) is 5.32 Å². The number of urea groups is 1. The van der Waals surface area contributed by atoms with Crippen LogP contribution in [0.4, 0.5) is 4.79 Å². The van der Waals surface area contributed by atoms with Crippen LogP contribution in [-0.4, -0.2) is 51.5 Å². The molecule has 1 saturated heterocycles. The van der Waals surface area contributed by atoms with Crippen LogP contribution in [0.2, 0.25) is 0 Å². The number of carbonyl (C=O) groups excluding carboxylic acids is 2. The van der Waals surface area contributed by atoms with Crippen molar-refractivity contribution >= 4 is 11.9 Å². The molecule has 1 heterocycles. The molecule has 1 aromatic rings. The number of carbonyl (C=O) groups is 2. The largest absolute Gasteiger partial charge is 0.497 e. The van der Waals surface area contributed by atoms with Crippen molar-refractivity contribution < 1.29 is 23.8 Å². The second kappa shape index (κ2) is 5.71. The molecule has 0 aromatic heterocycles. The van der Waals surface area contributed by atoms with Crippen molar-refractivity contribution in [3.63, 3.8) is 0 Å². The Morgan fingerprint density at radius 1 is 1.10 bits per heavy atom. The van der Waals surface area contributed by atoms with Crippen LogP contribution in [0.5, 0.6) is 5.75 Å². The molecule has 1 aromatic carbocycles. The van der Waals surface area contributed by atoms with E-state index in [9.17, 15) is 9.59 Å². The molecule has 1 aliphatic heterocycles. The van der Waals surface area contributed by atoms with Gasteiger partial charge in [0.2, 0.25) is 0 Å². The monoisotopic (exact) mass is 294 g/mol. The predicted octanol–water partition coefficient (Wildman–Crippen LogP) is 0.691. The number of benzene rings is 1. The molecule has 7 heteroatoms. The lowest BCUT2D eigenvalue weighted by Crippen LogP contribution is -2.55. The highest BCUT2D eigenvalue weighted by atomic mass is 16.7. The molecule has 1 aliphatic rings. The Morgan fingerprint density at radius 2 is 1.67 bits per heavy atom. The van der Waals surface area contributed by atoms with Gasteiger partial charge in [0.15, 0.2) is 11.8 Å². The zero-order valence-electron chi connectivity index (χ0n) is 12.4. The van der Waals surface area contributed by atoms with Crippen molar-refractivity contribution in [2.45, 2.75) is 11.8 Å². The van der Waals surface area contributed by atoms with E-state index in [1.807, 2.05) is 0 Å². The normalized spacial score (nSPS) is 21.9. The SMILES string of the molecule is COc1ccc([C@@]2(C(OC)OC)NC(=O)N(C)C2=O)cc1. The van der Waals surface area contributed by atoms with Gasteiger partial charge >= 0.3 is 6.03 Å². The highest BCUT2D eigenvalue weighted by molar-refractivity contribution is 6.07. The molecule has 0 bridgehead atoms. The number of likely N-dealkylation sites (N-methyl/N-ethyl adjacent to an activating group) is 1. The molecule has 21 heavy (non-hydrogen) atoms. The Morgan fingerprint density at radius 3 is 2.05 bits per heavy atom. The molecule has 0 unspecified atom stereocenters. The molecule has 0 radical (unpaired) electrons. The van der Waals surface area contributed by atoms with Crippen molar-refractivity contribution in [2.24, 2.45) is 0 Å². The first kappa shape index (κ1) is 15.3. The van der Waals surface area contributed by atoms with Crippen LogP contribution in [-0.2, 0) is 19.8 Å². The lowest BCUT2D eigenvalue weighted by atomic mass is 9.88. The number of nitrogens with one attached hydrogen (secondary N) is 1. The lowest BCUT2D eigenvalue weighted by molar-refractivity contribution is -0.169. The van der Waals surface area contributed by atoms with Gasteiger partial charge in [-0.25, -0.2) is 4.79 Å². The Labute approximate surface area is 122 Å². The molecule has 1 atom stereocenters. The number of methoxy groups -OCH3 is 3. The van der Waals surface area contributed by atoms with Gasteiger partial charge in [0.1, 0.15) is 5.75 Å². The van der Waals surface area contributed by atoms with Gasteiger partial charge in [0, 0.05) is 21.3 Å². The molecule has 2 rings (SSSR count). The summed E-state index contributed by atoms with van der Waals surface area (Å²) in [5.41, 5.74) is -0.860. The summed E-state index contributed by atoms with van der Waals surface area (Å²) in [5.74, 6) is 0.205. The number of rotatable bonds is 5. The zero-order chi connectivity index (χ0) is 15.6. The predicted molar refractivity (Wildman–Crippen MR) is 73.8 cm³/mol. The second-order valence-electron chi connectivity index (χ2n) is 4.63. The van der Waals surface area contributed by atoms with Crippen molar-refractivity contribution in [1.82, 2.24) is 10.2 Å². The van der Waals surface area contributed by atoms with Gasteiger partial charge < -0.3 is 19.5 Å². The summed E-state index contributed by atoms with van der Waals surface area (Å²) >= 11 is 0. The summed E-state index contributed by atoms with van der Waals surface area (Å²) < 4.78 is 15.6. The molecule has 0 spiro atoms. The molecular formula is C14H18N2O5. The molecule has 1 N–H and O–H groups in total. The van der Waals surface area contributed by atoms with E-state index in [-0.39, 0.29) is 0 Å². The van der Waals surface area contributed by atoms with Crippen molar-refractivity contribution in [3.05, 3.63) is 29.8 Å². The Balaban J connectivity index is 2.55. The summed E-state index contributed by atoms with van der Waals surface area (Å²) in [4.78, 5) is 25.5. The molecule has 0 aliphatic carbocycles. The number of imide groups is 1. The molecule has 1 fully saturated rings. The second-order valence-corrected chi connectivity index (χ2v) is 4.63. The highest BCUT2D eigenvalue weighted by Crippen LogP contribution is 2.34. The smallest absolute Gasteiger partial charge is 0.325 e. The van der Waals surface area contributed by atoms with E-state index in [0.29, 0.717) is 11.3 Å². The van der Waals surface area contributed by atoms with Gasteiger partial charge in [0.25, 0.3) is 5.91 Å². The quantitative estimate of drug-likeness (QED) is 0.638. The van der Waals surface area contributed by atoms with Crippen LogP contribution in [0.25, 0.3) is 0 Å². The minimum absolute atomic E-state index is 0.439. The lowest BCUT2D eigenvalue weighted by Gasteiger charge is -2.33. The fraction of sp³-hybridized carbons (Fsp3) is 0.429. The molecule has 114 valence electrons. The van der Waals surface area contributed by atoms with Crippen molar-refractivity contribution in [2.75, 3.05) is 28.4 Å². The molecule has 0 saturated carbocycles. The number of hydrogen-bond donors (Lipinski definition) is 1. The first-order valence-electron chi connectivity index (χ1n) is 6.31. The van der Waals surface area contributed by atoms with Crippen molar-refractivity contribution in [3.8, 4) is 5.75 Å². The highest BCUT2D eigenvalue weighted by Gasteiger charge is 2.57. The van der Waals surface area contributed by atoms with E-state index in [0.717, 1.165) is 4.90 Å². The summed E-state index contributed by atoms with van der Waals surface area (Å²) in [6.07, 6.45) is -0.952. The maximum absolute atomic E-state index is 12.6. The fourth-order valence-corrected chi connectivity index (χ4v) is 2.46. The number of ether oxygens (including phenoxy) is 3.